The van der Waals surface area contributed by atoms with Gasteiger partial charge < -0.3 is 20.1 Å². The molecule has 10 atom stereocenters. The lowest BCUT2D eigenvalue weighted by Crippen LogP contribution is -2.46. The van der Waals surface area contributed by atoms with Crippen molar-refractivity contribution in [1.29, 1.82) is 0 Å². The molecule has 2 aromatic heterocycles. The second-order valence-corrected chi connectivity index (χ2v) is 20.9. The van der Waals surface area contributed by atoms with Gasteiger partial charge >= 0.3 is 20.6 Å². The van der Waals surface area contributed by atoms with Gasteiger partial charge in [0.05, 0.1) is 26.0 Å². The second kappa shape index (κ2) is 21.2. The predicted octanol–water partition coefficient (Wildman–Crippen LogP) is 6.81. The Bertz CT molecular complexity index is 2230. The molecule has 344 valence electrons. The molecule has 0 saturated carbocycles. The lowest BCUT2D eigenvalue weighted by Gasteiger charge is -2.30. The number of ether oxygens (including phenoxy) is 2. The van der Waals surface area contributed by atoms with E-state index in [1.165, 1.54) is 43.0 Å². The number of ketones is 2. The molecule has 2 bridgehead atoms. The van der Waals surface area contributed by atoms with Gasteiger partial charge in [-0.15, -0.1) is 5.06 Å². The third-order valence-corrected chi connectivity index (χ3v) is 15.4. The fourth-order valence-corrected chi connectivity index (χ4v) is 11.7. The molecule has 1 aliphatic carbocycles. The lowest BCUT2D eigenvalue weighted by molar-refractivity contribution is -0.216. The second-order valence-electron chi connectivity index (χ2n) is 15.5. The summed E-state index contributed by atoms with van der Waals surface area (Å²) in [4.78, 5) is 66.0. The highest BCUT2D eigenvalue weighted by Gasteiger charge is 2.56. The number of carbonyl (C=O) groups is 3. The number of esters is 1. The van der Waals surface area contributed by atoms with Gasteiger partial charge in [0.15, 0.2) is 47.8 Å². The van der Waals surface area contributed by atoms with Crippen LogP contribution in [0.4, 0.5) is 14.6 Å². The smallest absolute Gasteiger partial charge is 0.427 e. The maximum Gasteiger partial charge on any atom is 0.474 e. The Morgan fingerprint density at radius 1 is 0.937 bits per heavy atom. The molecule has 1 aromatic carbocycles. The number of anilines is 1. The molecule has 24 heteroatoms. The number of Topliss-reactive ketones (excluding diaryl/α,β-unsaturated/α-hetero) is 1. The molecule has 19 nitrogen and oxygen atoms in total. The number of phosphoric ester groups is 1. The van der Waals surface area contributed by atoms with Crippen molar-refractivity contribution in [2.45, 2.75) is 132 Å². The molecule has 4 aliphatic rings. The SMILES string of the molecule is CCCCCCCCCCCC(=O)Oc1ccc(CSP2(=O)OC[C@H]3ON(C4C=CC(=O)CC4=O)[C@H](OP(=O)(O)OC[C@H]4O[C@@H](n5cnc6c(N)ncnc65)[C@H](F)[C@@H]4O2)[C@@H]3F)cc1. The summed E-state index contributed by atoms with van der Waals surface area (Å²) in [6, 6.07) is 4.95. The van der Waals surface area contributed by atoms with E-state index in [-0.39, 0.29) is 35.1 Å². The first-order chi connectivity index (χ1) is 30.2. The Morgan fingerprint density at radius 3 is 2.38 bits per heavy atom. The van der Waals surface area contributed by atoms with E-state index in [4.69, 9.17) is 38.1 Å². The molecule has 7 rings (SSSR count). The van der Waals surface area contributed by atoms with Crippen LogP contribution in [-0.4, -0.2) is 103 Å². The number of phosphoric acid groups is 1. The fourth-order valence-electron chi connectivity index (χ4n) is 7.47. The average molecular weight is 943 g/mol. The van der Waals surface area contributed by atoms with Gasteiger partial charge in [0.2, 0.25) is 0 Å². The number of nitrogens with two attached hydrogens (primary N) is 1. The average Bonchev–Trinajstić information content (AvgIpc) is 3.91. The Kier molecular flexibility index (Phi) is 16.0. The number of alkyl halides is 2. The van der Waals surface area contributed by atoms with Crippen LogP contribution in [0.15, 0.2) is 49.1 Å². The third kappa shape index (κ3) is 11.8. The standard InChI is InChI=1S/C39H50F2N6O13P2S/c1-2-3-4-5-6-7-8-9-10-11-31(50)56-26-15-12-24(13-16-26)21-63-62(53)55-19-29-32(40)39(47(58-29)27-17-14-25(48)18-28(27)49)60-61(51,52)54-20-30-35(59-62)33(41)38(57-30)46-23-45-34-36(42)43-22-44-37(34)46/h12-17,22-23,27,29-30,32-33,35,38-39H,2-11,18-21H2,1H3,(H,51,52)(H2,42,43,44)/t27?,29-,30-,32-,33-,35-,38-,39-,62?/m1/s1. The van der Waals surface area contributed by atoms with Crippen LogP contribution in [0.1, 0.15) is 89.3 Å². The Morgan fingerprint density at radius 2 is 1.65 bits per heavy atom. The summed E-state index contributed by atoms with van der Waals surface area (Å²) >= 11 is 0.616. The maximum absolute atomic E-state index is 16.7. The van der Waals surface area contributed by atoms with E-state index in [2.05, 4.69) is 21.9 Å². The maximum atomic E-state index is 16.7. The van der Waals surface area contributed by atoms with Gasteiger partial charge in [-0.3, -0.25) is 41.9 Å². The van der Waals surface area contributed by atoms with Crippen LogP contribution >= 0.6 is 26.0 Å². The number of hydroxylamine groups is 2. The van der Waals surface area contributed by atoms with Gasteiger partial charge in [0, 0.05) is 12.2 Å². The van der Waals surface area contributed by atoms with Crippen LogP contribution in [0.25, 0.3) is 11.2 Å². The number of nitrogens with zero attached hydrogens (tertiary/aromatic N) is 5. The first kappa shape index (κ1) is 47.4. The number of rotatable bonds is 16. The number of halogens is 2. The number of imidazole rings is 1. The van der Waals surface area contributed by atoms with Crippen LogP contribution in [-0.2, 0) is 56.9 Å². The summed E-state index contributed by atoms with van der Waals surface area (Å²) < 4.78 is 95.9. The van der Waals surface area contributed by atoms with Gasteiger partial charge in [-0.2, -0.15) is 0 Å². The van der Waals surface area contributed by atoms with Crippen molar-refractivity contribution >= 4 is 60.5 Å². The number of hydrogen-bond donors (Lipinski definition) is 2. The predicted molar refractivity (Wildman–Crippen MR) is 222 cm³/mol. The Labute approximate surface area is 365 Å². The van der Waals surface area contributed by atoms with E-state index in [0.717, 1.165) is 44.2 Å². The van der Waals surface area contributed by atoms with Crippen molar-refractivity contribution in [3.05, 3.63) is 54.6 Å². The van der Waals surface area contributed by atoms with Crippen LogP contribution in [0.3, 0.4) is 0 Å². The first-order valence-electron chi connectivity index (χ1n) is 20.8. The van der Waals surface area contributed by atoms with Crippen LogP contribution < -0.4 is 10.5 Å². The summed E-state index contributed by atoms with van der Waals surface area (Å²) in [6.45, 7) is -4.20. The van der Waals surface area contributed by atoms with Gasteiger partial charge in [-0.05, 0) is 41.6 Å². The molecule has 0 radical (unpaired) electrons. The van der Waals surface area contributed by atoms with Crippen molar-refractivity contribution in [2.75, 3.05) is 18.9 Å². The van der Waals surface area contributed by atoms with E-state index < -0.39 is 95.0 Å². The van der Waals surface area contributed by atoms with Gasteiger partial charge in [0.1, 0.15) is 41.9 Å². The topological polar surface area (TPSA) is 243 Å². The molecule has 0 amide bonds. The normalized spacial score (nSPS) is 31.7. The summed E-state index contributed by atoms with van der Waals surface area (Å²) in [5.74, 6) is -1.39. The number of allylic oxidation sites excluding steroid dienone is 1. The monoisotopic (exact) mass is 942 g/mol. The minimum Gasteiger partial charge on any atom is -0.427 e. The zero-order valence-electron chi connectivity index (χ0n) is 34.4. The number of unbranched alkanes of at least 4 members (excludes halogenated alkanes) is 8. The molecule has 3 saturated heterocycles. The first-order valence-corrected chi connectivity index (χ1v) is 25.5. The summed E-state index contributed by atoms with van der Waals surface area (Å²) in [5, 5.41) is 0.673. The highest BCUT2D eigenvalue weighted by molar-refractivity contribution is 8.54. The number of carbonyl (C=O) groups excluding carboxylic acids is 3. The molecule has 63 heavy (non-hydrogen) atoms. The number of benzene rings is 1. The molecule has 3 aliphatic heterocycles. The van der Waals surface area contributed by atoms with Crippen molar-refractivity contribution < 1.29 is 69.6 Å². The molecule has 3 aromatic rings. The van der Waals surface area contributed by atoms with Crippen molar-refractivity contribution in [3.63, 3.8) is 0 Å². The molecule has 3 N–H and O–H groups in total. The van der Waals surface area contributed by atoms with Crippen LogP contribution in [0.5, 0.6) is 5.75 Å². The highest BCUT2D eigenvalue weighted by Crippen LogP contribution is 2.64. The minimum atomic E-state index is -5.29. The van der Waals surface area contributed by atoms with Gasteiger partial charge in [0.25, 0.3) is 0 Å². The molecular weight excluding hydrogens is 892 g/mol. The summed E-state index contributed by atoms with van der Waals surface area (Å²) in [6.07, 6.45) is 0.997. The number of fused-ring (bicyclic) bond motifs is 4. The zero-order valence-corrected chi connectivity index (χ0v) is 37.0. The van der Waals surface area contributed by atoms with Gasteiger partial charge in [-0.25, -0.2) is 32.9 Å². The summed E-state index contributed by atoms with van der Waals surface area (Å²) in [5.41, 5.74) is 6.69. The van der Waals surface area contributed by atoms with Crippen LogP contribution in [0, 0.1) is 0 Å². The summed E-state index contributed by atoms with van der Waals surface area (Å²) in [7, 11) is -5.29. The van der Waals surface area contributed by atoms with E-state index >= 15 is 8.78 Å². The largest absolute Gasteiger partial charge is 0.474 e. The number of nitrogen functional groups attached to an aromatic ring is 1. The molecule has 3 fully saturated rings. The van der Waals surface area contributed by atoms with E-state index in [1.807, 2.05) is 0 Å². The van der Waals surface area contributed by atoms with Crippen molar-refractivity contribution in [3.8, 4) is 5.75 Å². The van der Waals surface area contributed by atoms with E-state index in [0.29, 0.717) is 27.8 Å². The minimum absolute atomic E-state index is 0.00341. The Balaban J connectivity index is 1.07. The lowest BCUT2D eigenvalue weighted by atomic mass is 10.00. The van der Waals surface area contributed by atoms with Crippen molar-refractivity contribution in [1.82, 2.24) is 24.6 Å². The van der Waals surface area contributed by atoms with Crippen molar-refractivity contribution in [2.24, 2.45) is 0 Å². The quantitative estimate of drug-likeness (QED) is 0.0493. The number of hydrogen-bond acceptors (Lipinski definition) is 18. The third-order valence-electron chi connectivity index (χ3n) is 10.8. The van der Waals surface area contributed by atoms with E-state index in [9.17, 15) is 28.4 Å². The fraction of sp³-hybridized carbons (Fsp3) is 0.590. The van der Waals surface area contributed by atoms with Gasteiger partial charge in [-0.1, -0.05) is 76.5 Å². The molecule has 0 spiro atoms. The number of aromatic nitrogens is 4. The van der Waals surface area contributed by atoms with E-state index in [1.54, 1.807) is 24.3 Å². The molecular formula is C39H50F2N6O13P2S. The highest BCUT2D eigenvalue weighted by atomic mass is 32.7. The molecule has 3 unspecified atom stereocenters. The molecule has 5 heterocycles. The Hall–Kier alpha value is -3.53. The zero-order chi connectivity index (χ0) is 44.7. The van der Waals surface area contributed by atoms with Crippen LogP contribution in [0.2, 0.25) is 0 Å².